The summed E-state index contributed by atoms with van der Waals surface area (Å²) in [5, 5.41) is 11.9. The quantitative estimate of drug-likeness (QED) is 0.733. The summed E-state index contributed by atoms with van der Waals surface area (Å²) in [6.07, 6.45) is 1.53. The summed E-state index contributed by atoms with van der Waals surface area (Å²) in [7, 11) is 0. The SMILES string of the molecule is CC(C)CC(CNC(=O)C(C)CCc1ccccc1F)C(=O)O. The van der Waals surface area contributed by atoms with Crippen molar-refractivity contribution in [1.29, 1.82) is 0 Å². The largest absolute Gasteiger partial charge is 0.481 e. The third-order valence-electron chi connectivity index (χ3n) is 3.88. The Bertz CT molecular complexity index is 531. The minimum Gasteiger partial charge on any atom is -0.481 e. The predicted molar refractivity (Wildman–Crippen MR) is 87.5 cm³/mol. The van der Waals surface area contributed by atoms with Crippen LogP contribution in [0, 0.1) is 23.6 Å². The molecule has 0 aliphatic heterocycles. The van der Waals surface area contributed by atoms with E-state index in [1.54, 1.807) is 25.1 Å². The van der Waals surface area contributed by atoms with Gasteiger partial charge in [0.15, 0.2) is 0 Å². The molecule has 128 valence electrons. The van der Waals surface area contributed by atoms with Crippen molar-refractivity contribution in [3.05, 3.63) is 35.6 Å². The Kier molecular flexibility index (Phi) is 7.72. The molecule has 0 aromatic heterocycles. The number of amides is 1. The van der Waals surface area contributed by atoms with E-state index in [0.717, 1.165) is 0 Å². The normalized spacial score (nSPS) is 13.6. The van der Waals surface area contributed by atoms with Crippen molar-refractivity contribution in [2.45, 2.75) is 40.0 Å². The van der Waals surface area contributed by atoms with Gasteiger partial charge in [-0.2, -0.15) is 0 Å². The Balaban J connectivity index is 2.44. The lowest BCUT2D eigenvalue weighted by Gasteiger charge is -2.17. The van der Waals surface area contributed by atoms with E-state index < -0.39 is 11.9 Å². The topological polar surface area (TPSA) is 66.4 Å². The average molecular weight is 323 g/mol. The number of carboxylic acids is 1. The molecular weight excluding hydrogens is 297 g/mol. The van der Waals surface area contributed by atoms with Gasteiger partial charge in [-0.1, -0.05) is 39.0 Å². The zero-order chi connectivity index (χ0) is 17.4. The standard InChI is InChI=1S/C18H26FNO3/c1-12(2)10-15(18(22)23)11-20-17(21)13(3)8-9-14-6-4-5-7-16(14)19/h4-7,12-13,15H,8-11H2,1-3H3,(H,20,21)(H,22,23). The smallest absolute Gasteiger partial charge is 0.308 e. The molecule has 4 nitrogen and oxygen atoms in total. The molecule has 0 bridgehead atoms. The minimum atomic E-state index is -0.891. The molecule has 23 heavy (non-hydrogen) atoms. The fourth-order valence-corrected chi connectivity index (χ4v) is 2.44. The van der Waals surface area contributed by atoms with Crippen LogP contribution < -0.4 is 5.32 Å². The van der Waals surface area contributed by atoms with E-state index in [1.807, 2.05) is 13.8 Å². The number of carbonyl (C=O) groups is 2. The number of rotatable bonds is 9. The van der Waals surface area contributed by atoms with Crippen LogP contribution in [0.3, 0.4) is 0 Å². The Morgan fingerprint density at radius 1 is 1.22 bits per heavy atom. The van der Waals surface area contributed by atoms with Crippen LogP contribution in [0.15, 0.2) is 24.3 Å². The van der Waals surface area contributed by atoms with Gasteiger partial charge in [0.05, 0.1) is 5.92 Å². The van der Waals surface area contributed by atoms with E-state index in [-0.39, 0.29) is 30.1 Å². The van der Waals surface area contributed by atoms with Gasteiger partial charge in [-0.15, -0.1) is 0 Å². The first kappa shape index (κ1) is 19.1. The van der Waals surface area contributed by atoms with E-state index in [1.165, 1.54) is 6.07 Å². The monoisotopic (exact) mass is 323 g/mol. The van der Waals surface area contributed by atoms with Crippen molar-refractivity contribution in [3.63, 3.8) is 0 Å². The van der Waals surface area contributed by atoms with Crippen molar-refractivity contribution in [3.8, 4) is 0 Å². The van der Waals surface area contributed by atoms with Gasteiger partial charge in [0.1, 0.15) is 5.82 Å². The van der Waals surface area contributed by atoms with Crippen LogP contribution in [0.1, 0.15) is 39.2 Å². The van der Waals surface area contributed by atoms with Crippen LogP contribution in [0.25, 0.3) is 0 Å². The highest BCUT2D eigenvalue weighted by molar-refractivity contribution is 5.79. The van der Waals surface area contributed by atoms with Crippen molar-refractivity contribution >= 4 is 11.9 Å². The van der Waals surface area contributed by atoms with Crippen LogP contribution in [0.5, 0.6) is 0 Å². The Morgan fingerprint density at radius 3 is 2.43 bits per heavy atom. The van der Waals surface area contributed by atoms with Gasteiger partial charge in [0.25, 0.3) is 0 Å². The molecule has 0 fully saturated rings. The average Bonchev–Trinajstić information content (AvgIpc) is 2.49. The Labute approximate surface area is 137 Å². The van der Waals surface area contributed by atoms with Gasteiger partial charge < -0.3 is 10.4 Å². The first-order chi connectivity index (χ1) is 10.8. The molecule has 1 amide bonds. The number of hydrogen-bond acceptors (Lipinski definition) is 2. The molecule has 1 rings (SSSR count). The third kappa shape index (κ3) is 6.80. The number of carbonyl (C=O) groups excluding carboxylic acids is 1. The zero-order valence-electron chi connectivity index (χ0n) is 14.0. The number of aryl methyl sites for hydroxylation is 1. The summed E-state index contributed by atoms with van der Waals surface area (Å²) >= 11 is 0. The van der Waals surface area contributed by atoms with Crippen molar-refractivity contribution < 1.29 is 19.1 Å². The molecule has 1 aromatic carbocycles. The molecule has 0 aliphatic rings. The number of nitrogens with one attached hydrogen (secondary N) is 1. The fraction of sp³-hybridized carbons (Fsp3) is 0.556. The molecule has 5 heteroatoms. The van der Waals surface area contributed by atoms with E-state index in [4.69, 9.17) is 5.11 Å². The number of aliphatic carboxylic acids is 1. The van der Waals surface area contributed by atoms with Gasteiger partial charge >= 0.3 is 5.97 Å². The lowest BCUT2D eigenvalue weighted by atomic mass is 9.96. The van der Waals surface area contributed by atoms with Gasteiger partial charge in [0, 0.05) is 12.5 Å². The van der Waals surface area contributed by atoms with Crippen LogP contribution >= 0.6 is 0 Å². The summed E-state index contributed by atoms with van der Waals surface area (Å²) < 4.78 is 13.5. The predicted octanol–water partition coefficient (Wildman–Crippen LogP) is 3.26. The molecule has 0 aliphatic carbocycles. The maximum Gasteiger partial charge on any atom is 0.308 e. The number of benzene rings is 1. The second-order valence-corrected chi connectivity index (χ2v) is 6.44. The molecular formula is C18H26FNO3. The molecule has 0 heterocycles. The van der Waals surface area contributed by atoms with E-state index in [9.17, 15) is 14.0 Å². The van der Waals surface area contributed by atoms with Gasteiger partial charge in [-0.3, -0.25) is 9.59 Å². The summed E-state index contributed by atoms with van der Waals surface area (Å²) in [4.78, 5) is 23.2. The third-order valence-corrected chi connectivity index (χ3v) is 3.88. The van der Waals surface area contributed by atoms with E-state index in [2.05, 4.69) is 5.32 Å². The second kappa shape index (κ2) is 9.28. The summed E-state index contributed by atoms with van der Waals surface area (Å²) in [5.74, 6) is -1.94. The zero-order valence-corrected chi connectivity index (χ0v) is 14.0. The first-order valence-corrected chi connectivity index (χ1v) is 8.05. The molecule has 2 atom stereocenters. The van der Waals surface area contributed by atoms with Gasteiger partial charge in [-0.05, 0) is 36.8 Å². The van der Waals surface area contributed by atoms with E-state index >= 15 is 0 Å². The molecule has 0 radical (unpaired) electrons. The fourth-order valence-electron chi connectivity index (χ4n) is 2.44. The van der Waals surface area contributed by atoms with Crippen LogP contribution in [-0.4, -0.2) is 23.5 Å². The molecule has 0 saturated carbocycles. The number of hydrogen-bond donors (Lipinski definition) is 2. The lowest BCUT2D eigenvalue weighted by Crippen LogP contribution is -2.36. The molecule has 2 unspecified atom stereocenters. The van der Waals surface area contributed by atoms with Gasteiger partial charge in [-0.25, -0.2) is 4.39 Å². The molecule has 0 saturated heterocycles. The number of halogens is 1. The molecule has 0 spiro atoms. The van der Waals surface area contributed by atoms with Crippen molar-refractivity contribution in [2.75, 3.05) is 6.54 Å². The highest BCUT2D eigenvalue weighted by Crippen LogP contribution is 2.14. The molecule has 1 aromatic rings. The lowest BCUT2D eigenvalue weighted by molar-refractivity contribution is -0.142. The highest BCUT2D eigenvalue weighted by atomic mass is 19.1. The Hall–Kier alpha value is -1.91. The van der Waals surface area contributed by atoms with Crippen LogP contribution in [0.4, 0.5) is 4.39 Å². The van der Waals surface area contributed by atoms with Crippen LogP contribution in [-0.2, 0) is 16.0 Å². The maximum atomic E-state index is 13.5. The second-order valence-electron chi connectivity index (χ2n) is 6.44. The Morgan fingerprint density at radius 2 is 1.87 bits per heavy atom. The van der Waals surface area contributed by atoms with Crippen LogP contribution in [0.2, 0.25) is 0 Å². The van der Waals surface area contributed by atoms with E-state index in [0.29, 0.717) is 24.8 Å². The summed E-state index contributed by atoms with van der Waals surface area (Å²) in [6, 6.07) is 6.52. The summed E-state index contributed by atoms with van der Waals surface area (Å²) in [6.45, 7) is 5.81. The maximum absolute atomic E-state index is 13.5. The van der Waals surface area contributed by atoms with Gasteiger partial charge in [0.2, 0.25) is 5.91 Å². The van der Waals surface area contributed by atoms with Crippen molar-refractivity contribution in [2.24, 2.45) is 17.8 Å². The highest BCUT2D eigenvalue weighted by Gasteiger charge is 2.21. The summed E-state index contributed by atoms with van der Waals surface area (Å²) in [5.41, 5.74) is 0.593. The first-order valence-electron chi connectivity index (χ1n) is 8.05. The minimum absolute atomic E-state index is 0.135. The number of carboxylic acid groups (broad SMARTS) is 1. The molecule has 2 N–H and O–H groups in total. The van der Waals surface area contributed by atoms with Crippen molar-refractivity contribution in [1.82, 2.24) is 5.32 Å².